The van der Waals surface area contributed by atoms with Crippen LogP contribution in [0.2, 0.25) is 0 Å². The molecule has 2 heterocycles. The molecular formula is C11H19N5O2S. The third-order valence-corrected chi connectivity index (χ3v) is 5.31. The number of nitrogens with zero attached hydrogens (tertiary/aromatic N) is 3. The molecule has 1 aliphatic rings. The number of nitrogen functional groups attached to an aromatic ring is 1. The van der Waals surface area contributed by atoms with Gasteiger partial charge in [-0.15, -0.1) is 0 Å². The van der Waals surface area contributed by atoms with Crippen LogP contribution in [0.5, 0.6) is 0 Å². The molecule has 1 atom stereocenters. The van der Waals surface area contributed by atoms with Gasteiger partial charge in [0.1, 0.15) is 4.90 Å². The zero-order chi connectivity index (χ0) is 14.0. The van der Waals surface area contributed by atoms with E-state index < -0.39 is 10.0 Å². The molecule has 0 radical (unpaired) electrons. The highest BCUT2D eigenvalue weighted by Crippen LogP contribution is 2.24. The summed E-state index contributed by atoms with van der Waals surface area (Å²) in [6, 6.07) is 3.03. The molecule has 1 unspecified atom stereocenters. The molecule has 1 fully saturated rings. The Hall–Kier alpha value is -1.22. The zero-order valence-corrected chi connectivity index (χ0v) is 11.9. The third kappa shape index (κ3) is 2.71. The lowest BCUT2D eigenvalue weighted by Gasteiger charge is -2.37. The van der Waals surface area contributed by atoms with Gasteiger partial charge in [-0.25, -0.2) is 19.2 Å². The number of hydrogen-bond acceptors (Lipinski definition) is 6. The molecule has 1 aliphatic heterocycles. The first-order valence-corrected chi connectivity index (χ1v) is 7.53. The number of hydrazine groups is 1. The number of nitrogens with two attached hydrogens (primary N) is 1. The fraction of sp³-hybridized carbons (Fsp3) is 0.545. The second kappa shape index (κ2) is 5.41. The van der Waals surface area contributed by atoms with Gasteiger partial charge in [0.2, 0.25) is 10.0 Å². The Bertz CT molecular complexity index is 548. The molecule has 0 saturated carbocycles. The van der Waals surface area contributed by atoms with Crippen molar-refractivity contribution in [3.63, 3.8) is 0 Å². The van der Waals surface area contributed by atoms with Gasteiger partial charge in [0.25, 0.3) is 0 Å². The van der Waals surface area contributed by atoms with E-state index >= 15 is 0 Å². The average molecular weight is 285 g/mol. The molecule has 19 heavy (non-hydrogen) atoms. The number of nitrogens with one attached hydrogen (secondary N) is 1. The minimum atomic E-state index is -3.58. The van der Waals surface area contributed by atoms with Crippen LogP contribution in [-0.2, 0) is 10.0 Å². The minimum absolute atomic E-state index is 0.0745. The summed E-state index contributed by atoms with van der Waals surface area (Å²) in [7, 11) is -1.59. The lowest BCUT2D eigenvalue weighted by molar-refractivity contribution is 0.170. The molecule has 0 aromatic carbocycles. The summed E-state index contributed by atoms with van der Waals surface area (Å²) in [6.07, 6.45) is 1.50. The van der Waals surface area contributed by atoms with E-state index in [1.54, 1.807) is 6.07 Å². The molecule has 1 saturated heterocycles. The van der Waals surface area contributed by atoms with E-state index in [9.17, 15) is 8.42 Å². The van der Waals surface area contributed by atoms with E-state index in [1.165, 1.54) is 16.6 Å². The molecule has 0 aliphatic carbocycles. The lowest BCUT2D eigenvalue weighted by Crippen LogP contribution is -2.52. The first-order valence-electron chi connectivity index (χ1n) is 6.09. The predicted octanol–water partition coefficient (Wildman–Crippen LogP) is -0.308. The van der Waals surface area contributed by atoms with Crippen molar-refractivity contribution >= 4 is 15.8 Å². The monoisotopic (exact) mass is 285 g/mol. The van der Waals surface area contributed by atoms with Crippen molar-refractivity contribution in [2.75, 3.05) is 32.1 Å². The predicted molar refractivity (Wildman–Crippen MR) is 72.9 cm³/mol. The second-order valence-electron chi connectivity index (χ2n) is 4.72. The molecular weight excluding hydrogens is 266 g/mol. The maximum Gasteiger partial charge on any atom is 0.247 e. The van der Waals surface area contributed by atoms with E-state index in [2.05, 4.69) is 15.3 Å². The summed E-state index contributed by atoms with van der Waals surface area (Å²) < 4.78 is 26.8. The fourth-order valence-corrected chi connectivity index (χ4v) is 4.04. The normalized spacial score (nSPS) is 22.4. The van der Waals surface area contributed by atoms with Gasteiger partial charge in [0.05, 0.1) is 0 Å². The number of aromatic nitrogens is 1. The summed E-state index contributed by atoms with van der Waals surface area (Å²) in [6.45, 7) is 3.80. The van der Waals surface area contributed by atoms with E-state index in [0.717, 1.165) is 6.54 Å². The Morgan fingerprint density at radius 2 is 2.21 bits per heavy atom. The number of rotatable bonds is 3. The van der Waals surface area contributed by atoms with Crippen LogP contribution in [0.3, 0.4) is 0 Å². The molecule has 106 valence electrons. The Labute approximate surface area is 113 Å². The highest BCUT2D eigenvalue weighted by atomic mass is 32.2. The Kier molecular flexibility index (Phi) is 4.04. The van der Waals surface area contributed by atoms with Gasteiger partial charge in [-0.3, -0.25) is 0 Å². The van der Waals surface area contributed by atoms with Crippen molar-refractivity contribution in [2.45, 2.75) is 17.9 Å². The van der Waals surface area contributed by atoms with Gasteiger partial charge < -0.3 is 10.3 Å². The van der Waals surface area contributed by atoms with E-state index in [1.807, 2.05) is 14.0 Å². The SMILES string of the molecule is CC1CN(C)CCN1S(=O)(=O)c1cccnc1NN. The highest BCUT2D eigenvalue weighted by Gasteiger charge is 2.34. The summed E-state index contributed by atoms with van der Waals surface area (Å²) in [5.41, 5.74) is 2.34. The largest absolute Gasteiger partial charge is 0.307 e. The van der Waals surface area contributed by atoms with Crippen molar-refractivity contribution in [3.05, 3.63) is 18.3 Å². The van der Waals surface area contributed by atoms with Gasteiger partial charge in [0.15, 0.2) is 5.82 Å². The summed E-state index contributed by atoms with van der Waals surface area (Å²) >= 11 is 0. The first kappa shape index (κ1) is 14.2. The average Bonchev–Trinajstić information content (AvgIpc) is 2.38. The van der Waals surface area contributed by atoms with Gasteiger partial charge in [-0.1, -0.05) is 0 Å². The van der Waals surface area contributed by atoms with Crippen LogP contribution in [0.15, 0.2) is 23.2 Å². The third-order valence-electron chi connectivity index (χ3n) is 3.26. The molecule has 1 aromatic rings. The Morgan fingerprint density at radius 1 is 1.47 bits per heavy atom. The lowest BCUT2D eigenvalue weighted by atomic mass is 10.2. The second-order valence-corrected chi connectivity index (χ2v) is 6.58. The maximum atomic E-state index is 12.7. The Balaban J connectivity index is 2.37. The number of pyridine rings is 1. The number of likely N-dealkylation sites (N-methyl/N-ethyl adjacent to an activating group) is 1. The first-order chi connectivity index (χ1) is 8.96. The van der Waals surface area contributed by atoms with E-state index in [-0.39, 0.29) is 16.8 Å². The van der Waals surface area contributed by atoms with Crippen LogP contribution >= 0.6 is 0 Å². The molecule has 1 aromatic heterocycles. The van der Waals surface area contributed by atoms with E-state index in [0.29, 0.717) is 13.1 Å². The van der Waals surface area contributed by atoms with Crippen LogP contribution in [0.1, 0.15) is 6.92 Å². The molecule has 0 spiro atoms. The summed E-state index contributed by atoms with van der Waals surface area (Å²) in [5, 5.41) is 0. The Morgan fingerprint density at radius 3 is 2.84 bits per heavy atom. The van der Waals surface area contributed by atoms with Crippen LogP contribution < -0.4 is 11.3 Å². The number of sulfonamides is 1. The zero-order valence-electron chi connectivity index (χ0n) is 11.1. The number of anilines is 1. The van der Waals surface area contributed by atoms with Gasteiger partial charge in [-0.2, -0.15) is 4.31 Å². The molecule has 8 heteroatoms. The van der Waals surface area contributed by atoms with Crippen molar-refractivity contribution in [1.29, 1.82) is 0 Å². The molecule has 3 N–H and O–H groups in total. The van der Waals surface area contributed by atoms with Gasteiger partial charge in [-0.05, 0) is 26.1 Å². The van der Waals surface area contributed by atoms with Crippen molar-refractivity contribution < 1.29 is 8.42 Å². The van der Waals surface area contributed by atoms with Crippen molar-refractivity contribution in [1.82, 2.24) is 14.2 Å². The molecule has 0 amide bonds. The standard InChI is InChI=1S/C11H19N5O2S/c1-9-8-15(2)6-7-16(9)19(17,18)10-4-3-5-13-11(10)14-12/h3-5,9H,6-8,12H2,1-2H3,(H,13,14). The van der Waals surface area contributed by atoms with E-state index in [4.69, 9.17) is 5.84 Å². The summed E-state index contributed by atoms with van der Waals surface area (Å²) in [4.78, 5) is 6.18. The quantitative estimate of drug-likeness (QED) is 0.585. The highest BCUT2D eigenvalue weighted by molar-refractivity contribution is 7.89. The van der Waals surface area contributed by atoms with Crippen LogP contribution in [-0.4, -0.2) is 55.3 Å². The number of piperazine rings is 1. The fourth-order valence-electron chi connectivity index (χ4n) is 2.31. The molecule has 7 nitrogen and oxygen atoms in total. The molecule has 0 bridgehead atoms. The summed E-state index contributed by atoms with van der Waals surface area (Å²) in [5.74, 6) is 5.50. The van der Waals surface area contributed by atoms with Crippen molar-refractivity contribution in [2.24, 2.45) is 5.84 Å². The van der Waals surface area contributed by atoms with Crippen LogP contribution in [0.25, 0.3) is 0 Å². The number of hydrogen-bond donors (Lipinski definition) is 2. The minimum Gasteiger partial charge on any atom is -0.307 e. The van der Waals surface area contributed by atoms with Gasteiger partial charge >= 0.3 is 0 Å². The maximum absolute atomic E-state index is 12.7. The molecule has 2 rings (SSSR count). The van der Waals surface area contributed by atoms with Gasteiger partial charge in [0, 0.05) is 31.9 Å². The topological polar surface area (TPSA) is 91.6 Å². The smallest absolute Gasteiger partial charge is 0.247 e. The van der Waals surface area contributed by atoms with Crippen molar-refractivity contribution in [3.8, 4) is 0 Å². The van der Waals surface area contributed by atoms with Crippen LogP contribution in [0.4, 0.5) is 5.82 Å². The van der Waals surface area contributed by atoms with Crippen LogP contribution in [0, 0.1) is 0 Å².